The number of nitrogens with zero attached hydrogens (tertiary/aromatic N) is 2. The van der Waals surface area contributed by atoms with Gasteiger partial charge in [0, 0.05) is 31.7 Å². The van der Waals surface area contributed by atoms with Crippen LogP contribution in [-0.2, 0) is 6.54 Å². The predicted molar refractivity (Wildman–Crippen MR) is 78.9 cm³/mol. The van der Waals surface area contributed by atoms with Crippen LogP contribution in [0.25, 0.3) is 0 Å². The van der Waals surface area contributed by atoms with Crippen LogP contribution in [0.1, 0.15) is 5.56 Å². The van der Waals surface area contributed by atoms with Crippen LogP contribution >= 0.6 is 0 Å². The number of alkyl halides is 3. The van der Waals surface area contributed by atoms with Crippen molar-refractivity contribution in [3.8, 4) is 11.5 Å². The van der Waals surface area contributed by atoms with E-state index >= 15 is 0 Å². The maximum Gasteiger partial charge on any atom is 0.573 e. The summed E-state index contributed by atoms with van der Waals surface area (Å²) in [5.41, 5.74) is 0.498. The molecule has 2 aliphatic heterocycles. The molecule has 9 heteroatoms. The maximum absolute atomic E-state index is 12.6. The third-order valence-electron chi connectivity index (χ3n) is 3.90. The molecule has 1 N–H and O–H groups in total. The molecule has 0 atom stereocenters. The molecule has 0 radical (unpaired) electrons. The Labute approximate surface area is 137 Å². The largest absolute Gasteiger partial charge is 0.573 e. The molecule has 2 amide bonds. The topological polar surface area (TPSA) is 54.0 Å². The molecule has 6 nitrogen and oxygen atoms in total. The van der Waals surface area contributed by atoms with Gasteiger partial charge in [0.15, 0.2) is 0 Å². The first-order chi connectivity index (χ1) is 11.4. The van der Waals surface area contributed by atoms with Gasteiger partial charge in [-0.1, -0.05) is 0 Å². The lowest BCUT2D eigenvalue weighted by molar-refractivity contribution is -0.274. The summed E-state index contributed by atoms with van der Waals surface area (Å²) in [4.78, 5) is 15.9. The third kappa shape index (κ3) is 4.02. The van der Waals surface area contributed by atoms with Gasteiger partial charge in [0.25, 0.3) is 0 Å². The van der Waals surface area contributed by atoms with Crippen LogP contribution in [0.5, 0.6) is 11.5 Å². The Morgan fingerprint density at radius 2 is 1.92 bits per heavy atom. The van der Waals surface area contributed by atoms with Crippen molar-refractivity contribution in [2.24, 2.45) is 0 Å². The van der Waals surface area contributed by atoms with Gasteiger partial charge in [0.1, 0.15) is 18.1 Å². The number of benzene rings is 1. The van der Waals surface area contributed by atoms with Crippen LogP contribution in [0, 0.1) is 0 Å². The molecule has 0 bridgehead atoms. The van der Waals surface area contributed by atoms with E-state index in [4.69, 9.17) is 4.74 Å². The predicted octanol–water partition coefficient (Wildman–Crippen LogP) is 1.80. The minimum atomic E-state index is -4.75. The number of rotatable bonds is 1. The molecule has 0 saturated carbocycles. The minimum Gasteiger partial charge on any atom is -0.491 e. The highest BCUT2D eigenvalue weighted by atomic mass is 19.4. The lowest BCUT2D eigenvalue weighted by atomic mass is 10.2. The van der Waals surface area contributed by atoms with E-state index in [1.54, 1.807) is 9.80 Å². The van der Waals surface area contributed by atoms with Crippen molar-refractivity contribution in [2.45, 2.75) is 12.9 Å². The lowest BCUT2D eigenvalue weighted by Crippen LogP contribution is -2.51. The summed E-state index contributed by atoms with van der Waals surface area (Å²) >= 11 is 0. The molecule has 0 unspecified atom stereocenters. The van der Waals surface area contributed by atoms with E-state index in [1.165, 1.54) is 18.2 Å². The van der Waals surface area contributed by atoms with Crippen LogP contribution < -0.4 is 14.8 Å². The lowest BCUT2D eigenvalue weighted by Gasteiger charge is -2.32. The van der Waals surface area contributed by atoms with Gasteiger partial charge in [-0.05, 0) is 18.2 Å². The number of hydrogen-bond donors (Lipinski definition) is 1. The SMILES string of the molecule is O=C(N1CCNCC1)N1CCOc2ccc(OC(F)(F)F)cc2C1. The molecule has 1 saturated heterocycles. The van der Waals surface area contributed by atoms with Crippen LogP contribution in [0.2, 0.25) is 0 Å². The fourth-order valence-electron chi connectivity index (χ4n) is 2.79. The van der Waals surface area contributed by atoms with E-state index in [1.807, 2.05) is 0 Å². The quantitative estimate of drug-likeness (QED) is 0.843. The molecule has 1 aromatic carbocycles. The van der Waals surface area contributed by atoms with Gasteiger partial charge >= 0.3 is 12.4 Å². The summed E-state index contributed by atoms with van der Waals surface area (Å²) in [5, 5.41) is 3.17. The molecule has 1 aromatic rings. The average Bonchev–Trinajstić information content (AvgIpc) is 2.75. The summed E-state index contributed by atoms with van der Waals surface area (Å²) in [6.45, 7) is 3.55. The summed E-state index contributed by atoms with van der Waals surface area (Å²) in [5.74, 6) is 0.154. The van der Waals surface area contributed by atoms with Gasteiger partial charge in [0.2, 0.25) is 0 Å². The highest BCUT2D eigenvalue weighted by Crippen LogP contribution is 2.30. The van der Waals surface area contributed by atoms with Crippen LogP contribution in [0.4, 0.5) is 18.0 Å². The number of carbonyl (C=O) groups is 1. The van der Waals surface area contributed by atoms with E-state index in [0.717, 1.165) is 13.1 Å². The maximum atomic E-state index is 12.6. The van der Waals surface area contributed by atoms with Gasteiger partial charge in [-0.15, -0.1) is 13.2 Å². The van der Waals surface area contributed by atoms with Crippen molar-refractivity contribution < 1.29 is 27.4 Å². The molecule has 2 aliphatic rings. The number of carbonyl (C=O) groups excluding carboxylic acids is 1. The zero-order chi connectivity index (χ0) is 17.2. The summed E-state index contributed by atoms with van der Waals surface area (Å²) < 4.78 is 46.6. The first-order valence-corrected chi connectivity index (χ1v) is 7.68. The van der Waals surface area contributed by atoms with Gasteiger partial charge < -0.3 is 24.6 Å². The Morgan fingerprint density at radius 1 is 1.17 bits per heavy atom. The number of fused-ring (bicyclic) bond motifs is 1. The van der Waals surface area contributed by atoms with E-state index in [2.05, 4.69) is 10.1 Å². The highest BCUT2D eigenvalue weighted by molar-refractivity contribution is 5.75. The third-order valence-corrected chi connectivity index (χ3v) is 3.90. The highest BCUT2D eigenvalue weighted by Gasteiger charge is 2.32. The van der Waals surface area contributed by atoms with Crippen molar-refractivity contribution in [3.05, 3.63) is 23.8 Å². The fraction of sp³-hybridized carbons (Fsp3) is 0.533. The van der Waals surface area contributed by atoms with Crippen molar-refractivity contribution >= 4 is 6.03 Å². The fourth-order valence-corrected chi connectivity index (χ4v) is 2.79. The van der Waals surface area contributed by atoms with Crippen LogP contribution in [-0.4, -0.2) is 61.5 Å². The molecular formula is C15H18F3N3O3. The molecule has 3 rings (SSSR count). The van der Waals surface area contributed by atoms with Crippen molar-refractivity contribution in [1.29, 1.82) is 0 Å². The molecule has 2 heterocycles. The van der Waals surface area contributed by atoms with E-state index in [9.17, 15) is 18.0 Å². The van der Waals surface area contributed by atoms with Crippen molar-refractivity contribution in [2.75, 3.05) is 39.3 Å². The number of ether oxygens (including phenoxy) is 2. The van der Waals surface area contributed by atoms with E-state index < -0.39 is 6.36 Å². The number of hydrogen-bond acceptors (Lipinski definition) is 4. The average molecular weight is 345 g/mol. The summed E-state index contributed by atoms with van der Waals surface area (Å²) in [7, 11) is 0. The number of urea groups is 1. The molecular weight excluding hydrogens is 327 g/mol. The second-order valence-corrected chi connectivity index (χ2v) is 5.61. The van der Waals surface area contributed by atoms with Gasteiger partial charge in [-0.2, -0.15) is 0 Å². The molecule has 24 heavy (non-hydrogen) atoms. The molecule has 0 aliphatic carbocycles. The smallest absolute Gasteiger partial charge is 0.491 e. The molecule has 0 spiro atoms. The Balaban J connectivity index is 1.75. The standard InChI is InChI=1S/C15H18F3N3O3/c16-15(17,18)24-12-1-2-13-11(9-12)10-21(7-8-23-13)14(22)20-5-3-19-4-6-20/h1-2,9,19H,3-8,10H2. The summed E-state index contributed by atoms with van der Waals surface area (Å²) in [6, 6.07) is 3.79. The summed E-state index contributed by atoms with van der Waals surface area (Å²) in [6.07, 6.45) is -4.75. The number of amides is 2. The van der Waals surface area contributed by atoms with Crippen LogP contribution in [0.3, 0.4) is 0 Å². The second-order valence-electron chi connectivity index (χ2n) is 5.61. The molecule has 0 aromatic heterocycles. The number of nitrogens with one attached hydrogen (secondary N) is 1. The van der Waals surface area contributed by atoms with Crippen molar-refractivity contribution in [1.82, 2.24) is 15.1 Å². The Morgan fingerprint density at radius 3 is 2.62 bits per heavy atom. The van der Waals surface area contributed by atoms with Gasteiger partial charge in [0.05, 0.1) is 13.1 Å². The number of halogens is 3. The zero-order valence-electron chi connectivity index (χ0n) is 12.9. The molecule has 132 valence electrons. The van der Waals surface area contributed by atoms with Gasteiger partial charge in [-0.3, -0.25) is 0 Å². The minimum absolute atomic E-state index is 0.130. The first-order valence-electron chi connectivity index (χ1n) is 7.68. The zero-order valence-corrected chi connectivity index (χ0v) is 12.9. The first kappa shape index (κ1) is 16.7. The van der Waals surface area contributed by atoms with E-state index in [-0.39, 0.29) is 18.3 Å². The second kappa shape index (κ2) is 6.76. The normalized spacial score (nSPS) is 18.5. The Bertz CT molecular complexity index is 603. The van der Waals surface area contributed by atoms with E-state index in [0.29, 0.717) is 37.6 Å². The number of piperazine rings is 1. The monoisotopic (exact) mass is 345 g/mol. The molecule has 1 fully saturated rings. The van der Waals surface area contributed by atoms with Gasteiger partial charge in [-0.25, -0.2) is 4.79 Å². The van der Waals surface area contributed by atoms with Crippen molar-refractivity contribution in [3.63, 3.8) is 0 Å². The Hall–Kier alpha value is -2.16. The Kier molecular flexibility index (Phi) is 4.70. The van der Waals surface area contributed by atoms with Crippen LogP contribution in [0.15, 0.2) is 18.2 Å².